The highest BCUT2D eigenvalue weighted by molar-refractivity contribution is 7.92. The third kappa shape index (κ3) is 7.18. The van der Waals surface area contributed by atoms with E-state index in [1.54, 1.807) is 24.3 Å². The number of piperidine rings is 1. The zero-order valence-corrected chi connectivity index (χ0v) is 23.8. The number of hydrogen-bond donors (Lipinski definition) is 1. The van der Waals surface area contributed by atoms with E-state index >= 15 is 0 Å². The summed E-state index contributed by atoms with van der Waals surface area (Å²) in [6.07, 6.45) is 2.74. The van der Waals surface area contributed by atoms with Gasteiger partial charge in [0.05, 0.1) is 22.0 Å². The molecule has 0 unspecified atom stereocenters. The number of rotatable bonds is 11. The highest BCUT2D eigenvalue weighted by atomic mass is 32.2. The fourth-order valence-corrected chi connectivity index (χ4v) is 7.21. The third-order valence-corrected chi connectivity index (χ3v) is 10.2. The molecule has 1 saturated heterocycles. The summed E-state index contributed by atoms with van der Waals surface area (Å²) in [5.41, 5.74) is 1.02. The third-order valence-electron chi connectivity index (χ3n) is 6.48. The van der Waals surface area contributed by atoms with Gasteiger partial charge in [-0.2, -0.15) is 4.31 Å². The van der Waals surface area contributed by atoms with Crippen LogP contribution < -0.4 is 14.4 Å². The molecule has 12 heteroatoms. The van der Waals surface area contributed by atoms with Crippen LogP contribution in [0.15, 0.2) is 82.6 Å². The van der Waals surface area contributed by atoms with Crippen molar-refractivity contribution in [3.8, 4) is 5.75 Å². The summed E-state index contributed by atoms with van der Waals surface area (Å²) < 4.78 is 73.8. The maximum Gasteiger partial charge on any atom is 0.264 e. The van der Waals surface area contributed by atoms with Crippen LogP contribution in [0.4, 0.5) is 10.1 Å². The number of carbonyl (C=O) groups excluding carboxylic acids is 1. The molecule has 0 radical (unpaired) electrons. The van der Waals surface area contributed by atoms with Crippen LogP contribution in [0, 0.1) is 12.7 Å². The van der Waals surface area contributed by atoms with Crippen LogP contribution in [-0.2, 0) is 24.8 Å². The minimum absolute atomic E-state index is 0.00399. The maximum absolute atomic E-state index is 13.5. The summed E-state index contributed by atoms with van der Waals surface area (Å²) in [7, 11) is -7.65. The normalized spacial score (nSPS) is 14.4. The topological polar surface area (TPSA) is 113 Å². The van der Waals surface area contributed by atoms with Crippen molar-refractivity contribution < 1.29 is 30.8 Å². The molecule has 1 heterocycles. The number of nitrogens with zero attached hydrogens (tertiary/aromatic N) is 2. The molecule has 3 aromatic carbocycles. The standard InChI is InChI=1S/C28H32FN3O6S2/c1-22-5-13-27(14-6-22)40(36,37)32(24-9-7-23(29)8-10-24)21-28(33)30-17-20-38-25-11-15-26(16-12-25)39(34,35)31-18-3-2-4-19-31/h5-16H,2-4,17-21H2,1H3,(H,30,33). The predicted molar refractivity (Wildman–Crippen MR) is 150 cm³/mol. The lowest BCUT2D eigenvalue weighted by Crippen LogP contribution is -2.41. The number of sulfonamides is 2. The van der Waals surface area contributed by atoms with Crippen molar-refractivity contribution in [2.24, 2.45) is 0 Å². The number of anilines is 1. The molecule has 0 spiro atoms. The summed E-state index contributed by atoms with van der Waals surface area (Å²) in [5.74, 6) is -0.677. The quantitative estimate of drug-likeness (QED) is 0.342. The van der Waals surface area contributed by atoms with Gasteiger partial charge in [0.1, 0.15) is 24.7 Å². The first-order chi connectivity index (χ1) is 19.1. The van der Waals surface area contributed by atoms with E-state index in [0.717, 1.165) is 41.3 Å². The van der Waals surface area contributed by atoms with Gasteiger partial charge in [-0.1, -0.05) is 24.1 Å². The van der Waals surface area contributed by atoms with E-state index < -0.39 is 38.3 Å². The van der Waals surface area contributed by atoms with Crippen LogP contribution in [-0.4, -0.2) is 59.8 Å². The molecule has 0 bridgehead atoms. The SMILES string of the molecule is Cc1ccc(S(=O)(=O)N(CC(=O)NCCOc2ccc(S(=O)(=O)N3CCCCC3)cc2)c2ccc(F)cc2)cc1. The zero-order valence-electron chi connectivity index (χ0n) is 22.1. The van der Waals surface area contributed by atoms with Gasteiger partial charge in [-0.3, -0.25) is 9.10 Å². The lowest BCUT2D eigenvalue weighted by molar-refractivity contribution is -0.119. The van der Waals surface area contributed by atoms with Crippen molar-refractivity contribution in [3.05, 3.63) is 84.2 Å². The number of nitrogens with one attached hydrogen (secondary N) is 1. The Hall–Kier alpha value is -3.48. The van der Waals surface area contributed by atoms with E-state index in [0.29, 0.717) is 18.8 Å². The maximum atomic E-state index is 13.5. The van der Waals surface area contributed by atoms with Crippen LogP contribution in [0.2, 0.25) is 0 Å². The fraction of sp³-hybridized carbons (Fsp3) is 0.321. The van der Waals surface area contributed by atoms with Gasteiger partial charge in [0.15, 0.2) is 0 Å². The van der Waals surface area contributed by atoms with Gasteiger partial charge in [0, 0.05) is 13.1 Å². The van der Waals surface area contributed by atoms with Crippen molar-refractivity contribution in [3.63, 3.8) is 0 Å². The zero-order chi connectivity index (χ0) is 28.8. The van der Waals surface area contributed by atoms with Crippen molar-refractivity contribution in [2.45, 2.75) is 36.0 Å². The van der Waals surface area contributed by atoms with Crippen molar-refractivity contribution in [1.29, 1.82) is 0 Å². The summed E-state index contributed by atoms with van der Waals surface area (Å²) >= 11 is 0. The molecule has 40 heavy (non-hydrogen) atoms. The molecule has 1 aliphatic heterocycles. The fourth-order valence-electron chi connectivity index (χ4n) is 4.27. The molecule has 0 saturated carbocycles. The van der Waals surface area contributed by atoms with Crippen LogP contribution in [0.25, 0.3) is 0 Å². The molecule has 0 aliphatic carbocycles. The van der Waals surface area contributed by atoms with Crippen LogP contribution in [0.3, 0.4) is 0 Å². The van der Waals surface area contributed by atoms with E-state index in [-0.39, 0.29) is 28.6 Å². The molecule has 1 amide bonds. The molecule has 214 valence electrons. The van der Waals surface area contributed by atoms with E-state index in [4.69, 9.17) is 4.74 Å². The van der Waals surface area contributed by atoms with Gasteiger partial charge < -0.3 is 10.1 Å². The van der Waals surface area contributed by atoms with Gasteiger partial charge >= 0.3 is 0 Å². The summed E-state index contributed by atoms with van der Waals surface area (Å²) in [6.45, 7) is 2.50. The van der Waals surface area contributed by atoms with E-state index in [2.05, 4.69) is 5.32 Å². The molecule has 4 rings (SSSR count). The Kier molecular flexibility index (Phi) is 9.44. The minimum atomic E-state index is -4.11. The predicted octanol–water partition coefficient (Wildman–Crippen LogP) is 3.70. The molecule has 0 atom stereocenters. The van der Waals surface area contributed by atoms with Crippen LogP contribution in [0.1, 0.15) is 24.8 Å². The highest BCUT2D eigenvalue weighted by Gasteiger charge is 2.28. The van der Waals surface area contributed by atoms with E-state index in [9.17, 15) is 26.0 Å². The summed E-state index contributed by atoms with van der Waals surface area (Å²) in [5, 5.41) is 2.63. The Labute approximate surface area is 234 Å². The number of ether oxygens (including phenoxy) is 1. The number of carbonyl (C=O) groups is 1. The van der Waals surface area contributed by atoms with E-state index in [1.807, 2.05) is 6.92 Å². The van der Waals surface area contributed by atoms with Crippen LogP contribution in [0.5, 0.6) is 5.75 Å². The number of amides is 1. The summed E-state index contributed by atoms with van der Waals surface area (Å²) in [6, 6.07) is 17.2. The number of hydrogen-bond acceptors (Lipinski definition) is 6. The molecule has 9 nitrogen and oxygen atoms in total. The first kappa shape index (κ1) is 29.5. The second-order valence-electron chi connectivity index (χ2n) is 9.44. The monoisotopic (exact) mass is 589 g/mol. The minimum Gasteiger partial charge on any atom is -0.492 e. The molecular weight excluding hydrogens is 557 g/mol. The Morgan fingerprint density at radius 1 is 0.875 bits per heavy atom. The van der Waals surface area contributed by atoms with Crippen LogP contribution >= 0.6 is 0 Å². The Morgan fingerprint density at radius 3 is 2.10 bits per heavy atom. The van der Waals surface area contributed by atoms with E-state index in [1.165, 1.54) is 40.7 Å². The van der Waals surface area contributed by atoms with Gasteiger partial charge in [0.2, 0.25) is 15.9 Å². The molecule has 0 aromatic heterocycles. The second kappa shape index (κ2) is 12.8. The second-order valence-corrected chi connectivity index (χ2v) is 13.2. The Bertz CT molecular complexity index is 1510. The van der Waals surface area contributed by atoms with Crippen molar-refractivity contribution in [2.75, 3.05) is 37.1 Å². The van der Waals surface area contributed by atoms with Crippen molar-refractivity contribution in [1.82, 2.24) is 9.62 Å². The molecule has 1 N–H and O–H groups in total. The van der Waals surface area contributed by atoms with Crippen molar-refractivity contribution >= 4 is 31.6 Å². The smallest absolute Gasteiger partial charge is 0.264 e. The summed E-state index contributed by atoms with van der Waals surface area (Å²) in [4.78, 5) is 12.9. The first-order valence-corrected chi connectivity index (χ1v) is 15.8. The molecule has 1 fully saturated rings. The number of aryl methyl sites for hydroxylation is 1. The van der Waals surface area contributed by atoms with Gasteiger partial charge in [-0.15, -0.1) is 0 Å². The highest BCUT2D eigenvalue weighted by Crippen LogP contribution is 2.25. The lowest BCUT2D eigenvalue weighted by Gasteiger charge is -2.25. The number of benzene rings is 3. The molecular formula is C28H32FN3O6S2. The Balaban J connectivity index is 1.35. The average Bonchev–Trinajstić information content (AvgIpc) is 2.95. The first-order valence-electron chi connectivity index (χ1n) is 12.9. The van der Waals surface area contributed by atoms with Gasteiger partial charge in [-0.05, 0) is 80.4 Å². The Morgan fingerprint density at radius 2 is 1.48 bits per heavy atom. The average molecular weight is 590 g/mol. The lowest BCUT2D eigenvalue weighted by atomic mass is 10.2. The largest absolute Gasteiger partial charge is 0.492 e. The van der Waals surface area contributed by atoms with Gasteiger partial charge in [0.25, 0.3) is 10.0 Å². The molecule has 1 aliphatic rings. The molecule has 3 aromatic rings. The number of halogens is 1. The van der Waals surface area contributed by atoms with Gasteiger partial charge in [-0.25, -0.2) is 21.2 Å².